The number of nitriles is 1. The molecule has 0 amide bonds. The van der Waals surface area contributed by atoms with Crippen LogP contribution < -0.4 is 4.90 Å². The van der Waals surface area contributed by atoms with Crippen LogP contribution in [0.2, 0.25) is 5.02 Å². The van der Waals surface area contributed by atoms with E-state index in [1.165, 1.54) is 0 Å². The number of aromatic nitrogens is 2. The summed E-state index contributed by atoms with van der Waals surface area (Å²) in [6.45, 7) is 2.76. The Labute approximate surface area is 127 Å². The highest BCUT2D eigenvalue weighted by atomic mass is 35.5. The van der Waals surface area contributed by atoms with Gasteiger partial charge in [-0.2, -0.15) is 5.26 Å². The van der Waals surface area contributed by atoms with Gasteiger partial charge in [0.2, 0.25) is 5.95 Å². The first-order valence-corrected chi connectivity index (χ1v) is 7.02. The Morgan fingerprint density at radius 2 is 1.86 bits per heavy atom. The van der Waals surface area contributed by atoms with E-state index in [1.54, 1.807) is 18.2 Å². The van der Waals surface area contributed by atoms with Crippen LogP contribution in [-0.2, 0) is 4.74 Å². The highest BCUT2D eigenvalue weighted by Gasteiger charge is 2.16. The van der Waals surface area contributed by atoms with Crippen molar-refractivity contribution in [1.29, 1.82) is 5.26 Å². The molecule has 1 aromatic carbocycles. The van der Waals surface area contributed by atoms with Crippen molar-refractivity contribution in [1.82, 2.24) is 9.97 Å². The Hall–Kier alpha value is -2.16. The fourth-order valence-electron chi connectivity index (χ4n) is 2.17. The Morgan fingerprint density at radius 1 is 1.14 bits per heavy atom. The molecule has 1 saturated heterocycles. The molecule has 0 atom stereocenters. The molecular formula is C15H13ClN4O. The lowest BCUT2D eigenvalue weighted by atomic mass is 10.1. The van der Waals surface area contributed by atoms with Crippen molar-refractivity contribution in [3.8, 4) is 17.3 Å². The van der Waals surface area contributed by atoms with Crippen molar-refractivity contribution in [3.63, 3.8) is 0 Å². The summed E-state index contributed by atoms with van der Waals surface area (Å²) in [5, 5.41) is 9.84. The molecule has 0 radical (unpaired) electrons. The fraction of sp³-hybridized carbons (Fsp3) is 0.267. The van der Waals surface area contributed by atoms with E-state index in [4.69, 9.17) is 16.3 Å². The number of hydrogen-bond donors (Lipinski definition) is 0. The zero-order valence-corrected chi connectivity index (χ0v) is 12.0. The summed E-state index contributed by atoms with van der Waals surface area (Å²) in [6, 6.07) is 11.2. The van der Waals surface area contributed by atoms with E-state index in [1.807, 2.05) is 17.0 Å². The third-order valence-corrected chi connectivity index (χ3v) is 3.51. The topological polar surface area (TPSA) is 62.0 Å². The largest absolute Gasteiger partial charge is 0.378 e. The van der Waals surface area contributed by atoms with Gasteiger partial charge in [0.1, 0.15) is 11.8 Å². The standard InChI is InChI=1S/C15H13ClN4O/c16-12-3-1-11(2-4-12)14-9-13(10-17)18-15(19-14)20-5-7-21-8-6-20/h1-4,9H,5-8H2. The predicted molar refractivity (Wildman–Crippen MR) is 80.2 cm³/mol. The van der Waals surface area contributed by atoms with Gasteiger partial charge in [-0.25, -0.2) is 9.97 Å². The normalized spacial score (nSPS) is 14.8. The zero-order chi connectivity index (χ0) is 14.7. The van der Waals surface area contributed by atoms with E-state index in [2.05, 4.69) is 16.0 Å². The molecule has 0 spiro atoms. The summed E-state index contributed by atoms with van der Waals surface area (Å²) in [5.41, 5.74) is 1.99. The van der Waals surface area contributed by atoms with E-state index in [-0.39, 0.29) is 0 Å². The summed E-state index contributed by atoms with van der Waals surface area (Å²) in [7, 11) is 0. The molecule has 0 bridgehead atoms. The van der Waals surface area contributed by atoms with Crippen LogP contribution in [0.25, 0.3) is 11.3 Å². The quantitative estimate of drug-likeness (QED) is 0.853. The monoisotopic (exact) mass is 300 g/mol. The number of hydrogen-bond acceptors (Lipinski definition) is 5. The summed E-state index contributed by atoms with van der Waals surface area (Å²) in [6.07, 6.45) is 0. The van der Waals surface area contributed by atoms with Crippen LogP contribution in [-0.4, -0.2) is 36.3 Å². The van der Waals surface area contributed by atoms with Crippen LogP contribution in [0.4, 0.5) is 5.95 Å². The summed E-state index contributed by atoms with van der Waals surface area (Å²) >= 11 is 5.90. The summed E-state index contributed by atoms with van der Waals surface area (Å²) < 4.78 is 5.33. The Morgan fingerprint density at radius 3 is 2.52 bits per heavy atom. The first-order valence-electron chi connectivity index (χ1n) is 6.64. The van der Waals surface area contributed by atoms with Gasteiger partial charge in [-0.1, -0.05) is 23.7 Å². The van der Waals surface area contributed by atoms with E-state index < -0.39 is 0 Å². The predicted octanol–water partition coefficient (Wildman–Crippen LogP) is 2.51. The first-order chi connectivity index (χ1) is 10.3. The maximum Gasteiger partial charge on any atom is 0.227 e. The number of halogens is 1. The molecule has 1 aromatic heterocycles. The Bertz CT molecular complexity index is 675. The van der Waals surface area contributed by atoms with Gasteiger partial charge in [-0.3, -0.25) is 0 Å². The van der Waals surface area contributed by atoms with Gasteiger partial charge in [0.25, 0.3) is 0 Å². The van der Waals surface area contributed by atoms with Crippen LogP contribution in [0, 0.1) is 11.3 Å². The molecule has 1 fully saturated rings. The first kappa shape index (κ1) is 13.8. The molecule has 5 nitrogen and oxygen atoms in total. The highest BCUT2D eigenvalue weighted by molar-refractivity contribution is 6.30. The Kier molecular flexibility index (Phi) is 4.00. The van der Waals surface area contributed by atoms with Crippen LogP contribution in [0.15, 0.2) is 30.3 Å². The van der Waals surface area contributed by atoms with E-state index in [0.717, 1.165) is 24.3 Å². The van der Waals surface area contributed by atoms with Gasteiger partial charge in [0.05, 0.1) is 18.9 Å². The molecule has 0 aliphatic carbocycles. The second-order valence-electron chi connectivity index (χ2n) is 4.66. The Balaban J connectivity index is 2.00. The highest BCUT2D eigenvalue weighted by Crippen LogP contribution is 2.22. The minimum atomic E-state index is 0.358. The molecule has 2 heterocycles. The molecule has 21 heavy (non-hydrogen) atoms. The second kappa shape index (κ2) is 6.08. The van der Waals surface area contributed by atoms with Gasteiger partial charge >= 0.3 is 0 Å². The van der Waals surface area contributed by atoms with E-state index >= 15 is 0 Å². The van der Waals surface area contributed by atoms with Crippen molar-refractivity contribution in [3.05, 3.63) is 41.0 Å². The molecule has 0 N–H and O–H groups in total. The number of benzene rings is 1. The van der Waals surface area contributed by atoms with Crippen molar-refractivity contribution in [2.45, 2.75) is 0 Å². The molecule has 3 rings (SSSR count). The van der Waals surface area contributed by atoms with Crippen LogP contribution in [0.1, 0.15) is 5.69 Å². The lowest BCUT2D eigenvalue weighted by Gasteiger charge is -2.27. The lowest BCUT2D eigenvalue weighted by molar-refractivity contribution is 0.122. The van der Waals surface area contributed by atoms with Gasteiger partial charge < -0.3 is 9.64 Å². The molecule has 2 aromatic rings. The van der Waals surface area contributed by atoms with E-state index in [0.29, 0.717) is 29.9 Å². The maximum atomic E-state index is 9.17. The molecule has 0 unspecified atom stereocenters. The van der Waals surface area contributed by atoms with Gasteiger partial charge in [-0.05, 0) is 12.1 Å². The van der Waals surface area contributed by atoms with Crippen LogP contribution in [0.5, 0.6) is 0 Å². The van der Waals surface area contributed by atoms with Crippen LogP contribution in [0.3, 0.4) is 0 Å². The van der Waals surface area contributed by atoms with Crippen molar-refractivity contribution in [2.24, 2.45) is 0 Å². The average Bonchev–Trinajstić information content (AvgIpc) is 2.56. The maximum absolute atomic E-state index is 9.17. The van der Waals surface area contributed by atoms with Crippen molar-refractivity contribution in [2.75, 3.05) is 31.2 Å². The number of rotatable bonds is 2. The number of anilines is 1. The molecule has 106 valence electrons. The molecule has 6 heteroatoms. The lowest BCUT2D eigenvalue weighted by Crippen LogP contribution is -2.37. The van der Waals surface area contributed by atoms with Crippen molar-refractivity contribution >= 4 is 17.5 Å². The van der Waals surface area contributed by atoms with Crippen molar-refractivity contribution < 1.29 is 4.74 Å². The average molecular weight is 301 g/mol. The molecule has 0 saturated carbocycles. The van der Waals surface area contributed by atoms with E-state index in [9.17, 15) is 5.26 Å². The van der Waals surface area contributed by atoms with Gasteiger partial charge in [0.15, 0.2) is 0 Å². The third kappa shape index (κ3) is 3.13. The molecular weight excluding hydrogens is 288 g/mol. The number of nitrogens with zero attached hydrogens (tertiary/aromatic N) is 4. The van der Waals surface area contributed by atoms with Crippen LogP contribution >= 0.6 is 11.6 Å². The minimum Gasteiger partial charge on any atom is -0.378 e. The SMILES string of the molecule is N#Cc1cc(-c2ccc(Cl)cc2)nc(N2CCOCC2)n1. The smallest absolute Gasteiger partial charge is 0.227 e. The van der Waals surface area contributed by atoms with Gasteiger partial charge in [-0.15, -0.1) is 0 Å². The number of morpholine rings is 1. The zero-order valence-electron chi connectivity index (χ0n) is 11.3. The summed E-state index contributed by atoms with van der Waals surface area (Å²) in [5.74, 6) is 0.572. The third-order valence-electron chi connectivity index (χ3n) is 3.26. The molecule has 1 aliphatic heterocycles. The number of ether oxygens (including phenoxy) is 1. The molecule has 1 aliphatic rings. The minimum absolute atomic E-state index is 0.358. The fourth-order valence-corrected chi connectivity index (χ4v) is 2.29. The second-order valence-corrected chi connectivity index (χ2v) is 5.09. The summed E-state index contributed by atoms with van der Waals surface area (Å²) in [4.78, 5) is 10.9. The van der Waals surface area contributed by atoms with Gasteiger partial charge in [0, 0.05) is 29.7 Å².